The molecule has 8 heteroatoms. The third-order valence-electron chi connectivity index (χ3n) is 6.06. The number of fused-ring (bicyclic) bond motifs is 1. The van der Waals surface area contributed by atoms with E-state index in [0.717, 1.165) is 34.2 Å². The first-order chi connectivity index (χ1) is 16.4. The molecule has 0 aliphatic carbocycles. The number of benzene rings is 1. The second-order valence-electron chi connectivity index (χ2n) is 8.58. The van der Waals surface area contributed by atoms with Gasteiger partial charge in [-0.15, -0.1) is 0 Å². The van der Waals surface area contributed by atoms with Crippen LogP contribution in [0.3, 0.4) is 0 Å². The molecule has 174 valence electrons. The summed E-state index contributed by atoms with van der Waals surface area (Å²) in [6, 6.07) is 12.7. The number of nitrogens with zero attached hydrogens (tertiary/aromatic N) is 5. The van der Waals surface area contributed by atoms with Crippen LogP contribution in [-0.2, 0) is 6.54 Å². The Hall–Kier alpha value is -4.14. The zero-order valence-electron chi connectivity index (χ0n) is 19.6. The van der Waals surface area contributed by atoms with Gasteiger partial charge < -0.3 is 21.8 Å². The number of aryl methyl sites for hydroxylation is 2. The molecule has 3 aromatic rings. The first-order valence-electron chi connectivity index (χ1n) is 11.2. The van der Waals surface area contributed by atoms with Gasteiger partial charge >= 0.3 is 0 Å². The normalized spacial score (nSPS) is 13.6. The van der Waals surface area contributed by atoms with Gasteiger partial charge in [0.2, 0.25) is 0 Å². The molecule has 0 amide bonds. The molecule has 2 heterocycles. The summed E-state index contributed by atoms with van der Waals surface area (Å²) in [5.41, 5.74) is 21.9. The fraction of sp³-hybridized carbons (Fsp3) is 0.308. The predicted molar refractivity (Wildman–Crippen MR) is 136 cm³/mol. The van der Waals surface area contributed by atoms with Crippen molar-refractivity contribution in [2.24, 2.45) is 16.9 Å². The third kappa shape index (κ3) is 4.78. The fourth-order valence-electron chi connectivity index (χ4n) is 4.11. The zero-order valence-corrected chi connectivity index (χ0v) is 19.6. The third-order valence-corrected chi connectivity index (χ3v) is 6.06. The minimum atomic E-state index is -0.712. The Morgan fingerprint density at radius 2 is 1.94 bits per heavy atom. The minimum Gasteiger partial charge on any atom is -0.405 e. The Kier molecular flexibility index (Phi) is 7.68. The largest absolute Gasteiger partial charge is 0.405 e. The average molecular weight is 455 g/mol. The lowest BCUT2D eigenvalue weighted by molar-refractivity contribution is 0.428. The van der Waals surface area contributed by atoms with Gasteiger partial charge in [-0.2, -0.15) is 10.5 Å². The van der Waals surface area contributed by atoms with Crippen molar-refractivity contribution in [3.8, 4) is 23.3 Å². The van der Waals surface area contributed by atoms with E-state index in [1.807, 2.05) is 48.8 Å². The van der Waals surface area contributed by atoms with Crippen LogP contribution < -0.4 is 17.2 Å². The van der Waals surface area contributed by atoms with Crippen molar-refractivity contribution in [3.05, 3.63) is 59.7 Å². The van der Waals surface area contributed by atoms with Gasteiger partial charge in [0.1, 0.15) is 17.8 Å². The summed E-state index contributed by atoms with van der Waals surface area (Å²) in [5, 5.41) is 20.4. The molecule has 8 nitrogen and oxygen atoms in total. The van der Waals surface area contributed by atoms with Crippen molar-refractivity contribution in [2.45, 2.75) is 39.7 Å². The summed E-state index contributed by atoms with van der Waals surface area (Å²) in [6.07, 6.45) is 7.86. The van der Waals surface area contributed by atoms with Gasteiger partial charge in [-0.25, -0.2) is 9.97 Å². The molecule has 1 atom stereocenters. The van der Waals surface area contributed by atoms with Crippen molar-refractivity contribution in [3.63, 3.8) is 0 Å². The first kappa shape index (κ1) is 24.5. The van der Waals surface area contributed by atoms with E-state index < -0.39 is 5.41 Å². The van der Waals surface area contributed by atoms with Crippen LogP contribution in [-0.4, -0.2) is 21.1 Å². The van der Waals surface area contributed by atoms with Gasteiger partial charge in [0.15, 0.2) is 0 Å². The van der Waals surface area contributed by atoms with Gasteiger partial charge in [0.25, 0.3) is 0 Å². The molecule has 0 fully saturated rings. The minimum absolute atomic E-state index is 0.168. The van der Waals surface area contributed by atoms with E-state index >= 15 is 0 Å². The van der Waals surface area contributed by atoms with Gasteiger partial charge in [0, 0.05) is 29.5 Å². The molecule has 34 heavy (non-hydrogen) atoms. The molecule has 0 radical (unpaired) electrons. The number of nitrogens with two attached hydrogens (primary N) is 3. The van der Waals surface area contributed by atoms with E-state index in [2.05, 4.69) is 22.1 Å². The van der Waals surface area contributed by atoms with E-state index in [1.54, 1.807) is 6.08 Å². The molecule has 0 saturated carbocycles. The maximum atomic E-state index is 10.2. The van der Waals surface area contributed by atoms with E-state index in [0.29, 0.717) is 36.5 Å². The predicted octanol–water partition coefficient (Wildman–Crippen LogP) is 4.03. The Morgan fingerprint density at radius 3 is 2.56 bits per heavy atom. The topological polar surface area (TPSA) is 156 Å². The second kappa shape index (κ2) is 10.7. The molecular weight excluding hydrogens is 424 g/mol. The summed E-state index contributed by atoms with van der Waals surface area (Å²) in [6.45, 7) is 5.02. The SMILES string of the molecule is Cc1ccc(-c2c(/C=C(\C#N)C(C)(CC#N)C/C=C\N)n(CCCN)c3ncnc(N)c23)cc1. The number of hydrogen-bond donors (Lipinski definition) is 3. The van der Waals surface area contributed by atoms with E-state index in [4.69, 9.17) is 17.2 Å². The van der Waals surface area contributed by atoms with Crippen LogP contribution in [0.15, 0.2) is 48.4 Å². The van der Waals surface area contributed by atoms with Crippen LogP contribution >= 0.6 is 0 Å². The number of rotatable bonds is 9. The van der Waals surface area contributed by atoms with E-state index in [9.17, 15) is 10.5 Å². The smallest absolute Gasteiger partial charge is 0.146 e. The number of hydrogen-bond acceptors (Lipinski definition) is 7. The number of aromatic nitrogens is 3. The van der Waals surface area contributed by atoms with Crippen LogP contribution in [0, 0.1) is 35.0 Å². The molecule has 0 bridgehead atoms. The van der Waals surface area contributed by atoms with E-state index in [-0.39, 0.29) is 6.42 Å². The lowest BCUT2D eigenvalue weighted by Gasteiger charge is -2.25. The Labute approximate surface area is 200 Å². The van der Waals surface area contributed by atoms with Crippen LogP contribution in [0.2, 0.25) is 0 Å². The maximum absolute atomic E-state index is 10.2. The van der Waals surface area contributed by atoms with Crippen molar-refractivity contribution >= 4 is 22.9 Å². The molecule has 6 N–H and O–H groups in total. The van der Waals surface area contributed by atoms with Gasteiger partial charge in [-0.3, -0.25) is 0 Å². The van der Waals surface area contributed by atoms with Gasteiger partial charge in [0.05, 0.1) is 23.2 Å². The lowest BCUT2D eigenvalue weighted by atomic mass is 9.76. The molecule has 0 aliphatic rings. The van der Waals surface area contributed by atoms with Crippen molar-refractivity contribution in [1.29, 1.82) is 10.5 Å². The molecule has 3 rings (SSSR count). The van der Waals surface area contributed by atoms with Crippen LogP contribution in [0.5, 0.6) is 0 Å². The second-order valence-corrected chi connectivity index (χ2v) is 8.58. The lowest BCUT2D eigenvalue weighted by Crippen LogP contribution is -2.18. The molecule has 1 aromatic carbocycles. The molecule has 2 aromatic heterocycles. The Bertz CT molecular complexity index is 1300. The van der Waals surface area contributed by atoms with Crippen LogP contribution in [0.4, 0.5) is 5.82 Å². The Morgan fingerprint density at radius 1 is 1.21 bits per heavy atom. The molecule has 0 saturated heterocycles. The standard InChI is InChI=1S/C26H30N8/c1-18-5-7-19(8-6-18)22-21(15-20(16-30)26(2,10-13-29)9-3-11-27)34(14-4-12-28)25-23(22)24(31)32-17-33-25/h3,5-8,11,15,17H,4,9-10,12,14,27-28H2,1-2H3,(H2,31,32,33)/b11-3-,20-15+. The highest BCUT2D eigenvalue weighted by molar-refractivity contribution is 6.04. The maximum Gasteiger partial charge on any atom is 0.146 e. The first-order valence-corrected chi connectivity index (χ1v) is 11.2. The summed E-state index contributed by atoms with van der Waals surface area (Å²) in [4.78, 5) is 8.78. The average Bonchev–Trinajstić information content (AvgIpc) is 3.14. The fourth-order valence-corrected chi connectivity index (χ4v) is 4.11. The molecule has 1 unspecified atom stereocenters. The zero-order chi connectivity index (χ0) is 24.7. The van der Waals surface area contributed by atoms with Gasteiger partial charge in [-0.05, 0) is 44.1 Å². The van der Waals surface area contributed by atoms with Crippen molar-refractivity contribution in [2.75, 3.05) is 12.3 Å². The highest BCUT2D eigenvalue weighted by atomic mass is 15.1. The van der Waals surface area contributed by atoms with Crippen LogP contribution in [0.1, 0.15) is 37.4 Å². The summed E-state index contributed by atoms with van der Waals surface area (Å²) in [5.74, 6) is 0.367. The highest BCUT2D eigenvalue weighted by Gasteiger charge is 2.30. The number of anilines is 1. The van der Waals surface area contributed by atoms with E-state index in [1.165, 1.54) is 12.5 Å². The molecule has 0 spiro atoms. The highest BCUT2D eigenvalue weighted by Crippen LogP contribution is 2.41. The molecule has 0 aliphatic heterocycles. The van der Waals surface area contributed by atoms with Crippen molar-refractivity contribution in [1.82, 2.24) is 14.5 Å². The Balaban J connectivity index is 2.41. The summed E-state index contributed by atoms with van der Waals surface area (Å²) < 4.78 is 2.04. The summed E-state index contributed by atoms with van der Waals surface area (Å²) in [7, 11) is 0. The molecular formula is C26H30N8. The number of nitrogen functional groups attached to an aromatic ring is 1. The monoisotopic (exact) mass is 454 g/mol. The quantitative estimate of drug-likeness (QED) is 0.412. The van der Waals surface area contributed by atoms with Crippen molar-refractivity contribution < 1.29 is 0 Å². The number of allylic oxidation sites excluding steroid dienone is 2. The number of nitriles is 2. The van der Waals surface area contributed by atoms with Crippen LogP contribution in [0.25, 0.3) is 28.2 Å². The summed E-state index contributed by atoms with van der Waals surface area (Å²) >= 11 is 0. The van der Waals surface area contributed by atoms with Gasteiger partial charge in [-0.1, -0.05) is 42.8 Å².